The molecule has 2 atom stereocenters. The Morgan fingerprint density at radius 1 is 1.12 bits per heavy atom. The van der Waals surface area contributed by atoms with Gasteiger partial charge in [0.15, 0.2) is 0 Å². The number of aliphatic hydroxyl groups is 2. The fourth-order valence-corrected chi connectivity index (χ4v) is 0.848. The molecule has 0 bridgehead atoms. The molecule has 96 valence electrons. The van der Waals surface area contributed by atoms with Crippen molar-refractivity contribution in [1.82, 2.24) is 0 Å². The zero-order valence-electron chi connectivity index (χ0n) is 10.3. The van der Waals surface area contributed by atoms with Gasteiger partial charge < -0.3 is 33.5 Å². The summed E-state index contributed by atoms with van der Waals surface area (Å²) in [7, 11) is 3.11. The van der Waals surface area contributed by atoms with E-state index in [1.165, 1.54) is 7.11 Å². The Kier molecular flexibility index (Phi) is 25.2. The van der Waals surface area contributed by atoms with Crippen LogP contribution in [-0.4, -0.2) is 49.9 Å². The fraction of sp³-hybridized carbons (Fsp3) is 0.818. The van der Waals surface area contributed by atoms with Gasteiger partial charge in [0.1, 0.15) is 0 Å². The normalized spacial score (nSPS) is 13.1. The van der Waals surface area contributed by atoms with Gasteiger partial charge >= 0.3 is 31.1 Å². The van der Waals surface area contributed by atoms with Crippen LogP contribution in [0.5, 0.6) is 0 Å². The first-order valence-electron chi connectivity index (χ1n) is 5.04. The van der Waals surface area contributed by atoms with Gasteiger partial charge in [0.05, 0.1) is 12.7 Å². The molecule has 0 aliphatic rings. The molecule has 0 aromatic heterocycles. The summed E-state index contributed by atoms with van der Waals surface area (Å²) in [5, 5.41) is 17.3. The summed E-state index contributed by atoms with van der Waals surface area (Å²) in [4.78, 5) is 0. The van der Waals surface area contributed by atoms with Crippen LogP contribution in [0.4, 0.5) is 0 Å². The van der Waals surface area contributed by atoms with Gasteiger partial charge in [-0.1, -0.05) is 6.42 Å². The molecule has 0 saturated carbocycles. The maximum absolute atomic E-state index is 9.03. The van der Waals surface area contributed by atoms with Crippen LogP contribution in [0.1, 0.15) is 19.3 Å². The number of hydrogen-bond acceptors (Lipinski definition) is 4. The summed E-state index contributed by atoms with van der Waals surface area (Å²) in [5.74, 6) is 0. The van der Waals surface area contributed by atoms with Gasteiger partial charge in [-0.15, -0.1) is 0 Å². The molecule has 0 rings (SSSR count). The number of rotatable bonds is 7. The molecule has 0 aromatic rings. The first kappa shape index (κ1) is 22.1. The average molecular weight is 458 g/mol. The van der Waals surface area contributed by atoms with Crippen molar-refractivity contribution in [2.75, 3.05) is 27.4 Å². The SMILES string of the molecule is [CH2-]C(O)COC.[CH2-]CCCC(O)COC.[U+2]. The molecule has 5 heteroatoms. The zero-order valence-corrected chi connectivity index (χ0v) is 14.5. The van der Waals surface area contributed by atoms with Crippen LogP contribution in [0.25, 0.3) is 0 Å². The van der Waals surface area contributed by atoms with Gasteiger partial charge in [-0.3, -0.25) is 0 Å². The van der Waals surface area contributed by atoms with E-state index >= 15 is 0 Å². The van der Waals surface area contributed by atoms with Crippen LogP contribution in [0.3, 0.4) is 0 Å². The third-order valence-corrected chi connectivity index (χ3v) is 1.51. The second-order valence-electron chi connectivity index (χ2n) is 3.21. The maximum Gasteiger partial charge on any atom is 2.00 e. The van der Waals surface area contributed by atoms with Crippen LogP contribution in [0.15, 0.2) is 0 Å². The fourth-order valence-electron chi connectivity index (χ4n) is 0.848. The molecule has 0 amide bonds. The molecule has 0 radical (unpaired) electrons. The van der Waals surface area contributed by atoms with Crippen molar-refractivity contribution in [3.8, 4) is 0 Å². The maximum atomic E-state index is 9.03. The van der Waals surface area contributed by atoms with Crippen molar-refractivity contribution < 1.29 is 50.8 Å². The summed E-state index contributed by atoms with van der Waals surface area (Å²) in [6, 6.07) is 0. The van der Waals surface area contributed by atoms with E-state index in [9.17, 15) is 0 Å². The third-order valence-electron chi connectivity index (χ3n) is 1.51. The Balaban J connectivity index is -0.000000214. The molecule has 0 aromatic carbocycles. The largest absolute Gasteiger partial charge is 2.00 e. The van der Waals surface area contributed by atoms with E-state index in [1.54, 1.807) is 7.11 Å². The number of unbranched alkanes of at least 4 members (excludes halogenated alkanes) is 1. The molecule has 0 heterocycles. The van der Waals surface area contributed by atoms with E-state index in [1.807, 2.05) is 0 Å². The molecule has 4 nitrogen and oxygen atoms in total. The monoisotopic (exact) mass is 458 g/mol. The van der Waals surface area contributed by atoms with E-state index < -0.39 is 6.10 Å². The van der Waals surface area contributed by atoms with Crippen LogP contribution in [0, 0.1) is 45.0 Å². The second kappa shape index (κ2) is 18.3. The molecule has 16 heavy (non-hydrogen) atoms. The second-order valence-corrected chi connectivity index (χ2v) is 3.21. The minimum Gasteiger partial charge on any atom is -0.423 e. The molecular weight excluding hydrogens is 434 g/mol. The average Bonchev–Trinajstić information content (AvgIpc) is 2.16. The van der Waals surface area contributed by atoms with Crippen molar-refractivity contribution in [3.63, 3.8) is 0 Å². The Morgan fingerprint density at radius 2 is 1.62 bits per heavy atom. The van der Waals surface area contributed by atoms with Gasteiger partial charge in [0.2, 0.25) is 0 Å². The van der Waals surface area contributed by atoms with Crippen molar-refractivity contribution >= 4 is 0 Å². The Labute approximate surface area is 123 Å². The van der Waals surface area contributed by atoms with Gasteiger partial charge in [-0.2, -0.15) is 6.42 Å². The predicted molar refractivity (Wildman–Crippen MR) is 60.3 cm³/mol. The van der Waals surface area contributed by atoms with Crippen molar-refractivity contribution in [3.05, 3.63) is 13.8 Å². The summed E-state index contributed by atoms with van der Waals surface area (Å²) in [6.45, 7) is 7.69. The van der Waals surface area contributed by atoms with E-state index in [0.717, 1.165) is 19.3 Å². The minimum absolute atomic E-state index is 0. The van der Waals surface area contributed by atoms with E-state index in [2.05, 4.69) is 18.6 Å². The molecule has 0 spiro atoms. The zero-order chi connectivity index (χ0) is 12.1. The van der Waals surface area contributed by atoms with Crippen molar-refractivity contribution in [1.29, 1.82) is 0 Å². The summed E-state index contributed by atoms with van der Waals surface area (Å²) >= 11 is 0. The minimum atomic E-state index is -0.574. The summed E-state index contributed by atoms with van der Waals surface area (Å²) in [5.41, 5.74) is 0. The number of methoxy groups -OCH3 is 2. The molecule has 0 fully saturated rings. The Hall–Kier alpha value is 0.892. The first-order valence-corrected chi connectivity index (χ1v) is 5.04. The number of hydrogen-bond donors (Lipinski definition) is 2. The molecular formula is C11H24O4U. The Morgan fingerprint density at radius 3 is 1.88 bits per heavy atom. The quantitative estimate of drug-likeness (QED) is 0.555. The predicted octanol–water partition coefficient (Wildman–Crippen LogP) is 0.826. The van der Waals surface area contributed by atoms with Crippen molar-refractivity contribution in [2.45, 2.75) is 31.5 Å². The van der Waals surface area contributed by atoms with E-state index in [0.29, 0.717) is 13.2 Å². The molecule has 0 aliphatic carbocycles. The summed E-state index contributed by atoms with van der Waals surface area (Å²) < 4.78 is 9.22. The molecule has 2 unspecified atom stereocenters. The van der Waals surface area contributed by atoms with Gasteiger partial charge in [0, 0.05) is 20.8 Å². The van der Waals surface area contributed by atoms with Crippen molar-refractivity contribution in [2.24, 2.45) is 0 Å². The van der Waals surface area contributed by atoms with Crippen LogP contribution >= 0.6 is 0 Å². The van der Waals surface area contributed by atoms with Crippen LogP contribution < -0.4 is 0 Å². The van der Waals surface area contributed by atoms with Crippen LogP contribution in [-0.2, 0) is 9.47 Å². The molecule has 2 N–H and O–H groups in total. The third kappa shape index (κ3) is 24.2. The topological polar surface area (TPSA) is 58.9 Å². The molecule has 0 aliphatic heterocycles. The Bertz CT molecular complexity index is 112. The number of aliphatic hydroxyl groups excluding tert-OH is 2. The first-order chi connectivity index (χ1) is 7.08. The van der Waals surface area contributed by atoms with E-state index in [4.69, 9.17) is 14.9 Å². The number of ether oxygens (including phenoxy) is 2. The standard InChI is InChI=1S/C7H15O2.C4H9O2.U/c1-3-4-5-7(8)6-9-2;1-4(5)3-6-2;/h7-8H,1,3-6H2,2H3;4-5H,1,3H2,2H3;/q2*-1;+2. The summed E-state index contributed by atoms with van der Waals surface area (Å²) in [6.07, 6.45) is 1.80. The van der Waals surface area contributed by atoms with Gasteiger partial charge in [-0.25, -0.2) is 0 Å². The van der Waals surface area contributed by atoms with E-state index in [-0.39, 0.29) is 37.2 Å². The van der Waals surface area contributed by atoms with Crippen LogP contribution in [0.2, 0.25) is 0 Å². The van der Waals surface area contributed by atoms with Gasteiger partial charge in [0.25, 0.3) is 0 Å². The van der Waals surface area contributed by atoms with Gasteiger partial charge in [-0.05, 0) is 12.5 Å². The smallest absolute Gasteiger partial charge is 0.423 e. The molecule has 0 saturated heterocycles.